The highest BCUT2D eigenvalue weighted by Gasteiger charge is 2.24. The lowest BCUT2D eigenvalue weighted by Gasteiger charge is -2.31. The number of carbonyl (C=O) groups is 2. The van der Waals surface area contributed by atoms with Gasteiger partial charge in [0.2, 0.25) is 0 Å². The summed E-state index contributed by atoms with van der Waals surface area (Å²) >= 11 is 0. The second-order valence-electron chi connectivity index (χ2n) is 6.21. The van der Waals surface area contributed by atoms with Gasteiger partial charge in [0.05, 0.1) is 6.61 Å². The van der Waals surface area contributed by atoms with Gasteiger partial charge in [-0.25, -0.2) is 4.79 Å². The van der Waals surface area contributed by atoms with Crippen molar-refractivity contribution in [2.75, 3.05) is 19.7 Å². The van der Waals surface area contributed by atoms with E-state index in [1.165, 1.54) is 5.56 Å². The van der Waals surface area contributed by atoms with E-state index in [0.717, 1.165) is 12.8 Å². The molecule has 23 heavy (non-hydrogen) atoms. The Morgan fingerprint density at radius 2 is 1.83 bits per heavy atom. The van der Waals surface area contributed by atoms with Crippen molar-refractivity contribution < 1.29 is 14.3 Å². The average Bonchev–Trinajstić information content (AvgIpc) is 2.55. The lowest BCUT2D eigenvalue weighted by Crippen LogP contribution is -2.46. The van der Waals surface area contributed by atoms with Gasteiger partial charge in [0.15, 0.2) is 0 Å². The van der Waals surface area contributed by atoms with Crippen molar-refractivity contribution in [1.82, 2.24) is 10.2 Å². The van der Waals surface area contributed by atoms with Crippen molar-refractivity contribution in [2.24, 2.45) is 0 Å². The smallest absolute Gasteiger partial charge is 0.409 e. The van der Waals surface area contributed by atoms with Crippen LogP contribution < -0.4 is 5.32 Å². The SMILES string of the molecule is CCOC(=O)N1CCC(NC(=O)c2ccc(C(C)C)cc2)CC1. The van der Waals surface area contributed by atoms with Crippen LogP contribution in [0.25, 0.3) is 0 Å². The molecule has 1 aliphatic rings. The number of ether oxygens (including phenoxy) is 1. The molecule has 1 heterocycles. The number of nitrogens with one attached hydrogen (secondary N) is 1. The van der Waals surface area contributed by atoms with Gasteiger partial charge in [-0.3, -0.25) is 4.79 Å². The minimum atomic E-state index is -0.262. The van der Waals surface area contributed by atoms with E-state index in [2.05, 4.69) is 19.2 Å². The summed E-state index contributed by atoms with van der Waals surface area (Å²) in [4.78, 5) is 25.6. The first-order valence-electron chi connectivity index (χ1n) is 8.33. The van der Waals surface area contributed by atoms with E-state index in [9.17, 15) is 9.59 Å². The molecule has 2 amide bonds. The maximum absolute atomic E-state index is 12.3. The molecule has 5 heteroatoms. The maximum atomic E-state index is 12.3. The number of piperidine rings is 1. The Kier molecular flexibility index (Phi) is 6.02. The monoisotopic (exact) mass is 318 g/mol. The fourth-order valence-electron chi connectivity index (χ4n) is 2.71. The molecule has 0 aromatic heterocycles. The van der Waals surface area contributed by atoms with E-state index in [1.807, 2.05) is 24.3 Å². The number of benzene rings is 1. The predicted molar refractivity (Wildman–Crippen MR) is 89.6 cm³/mol. The molecule has 1 N–H and O–H groups in total. The second-order valence-corrected chi connectivity index (χ2v) is 6.21. The molecular formula is C18H26N2O3. The third-order valence-electron chi connectivity index (χ3n) is 4.20. The van der Waals surface area contributed by atoms with Gasteiger partial charge in [-0.15, -0.1) is 0 Å². The number of hydrogen-bond acceptors (Lipinski definition) is 3. The van der Waals surface area contributed by atoms with Crippen molar-refractivity contribution in [2.45, 2.75) is 45.6 Å². The summed E-state index contributed by atoms with van der Waals surface area (Å²) in [7, 11) is 0. The Labute approximate surface area is 138 Å². The van der Waals surface area contributed by atoms with Gasteiger partial charge >= 0.3 is 6.09 Å². The Morgan fingerprint density at radius 3 is 2.35 bits per heavy atom. The van der Waals surface area contributed by atoms with Crippen molar-refractivity contribution in [1.29, 1.82) is 0 Å². The van der Waals surface area contributed by atoms with Gasteiger partial charge in [0.25, 0.3) is 5.91 Å². The van der Waals surface area contributed by atoms with E-state index in [-0.39, 0.29) is 18.0 Å². The van der Waals surface area contributed by atoms with Gasteiger partial charge < -0.3 is 15.0 Å². The molecular weight excluding hydrogens is 292 g/mol. The molecule has 0 bridgehead atoms. The Bertz CT molecular complexity index is 532. The van der Waals surface area contributed by atoms with Gasteiger partial charge in [-0.1, -0.05) is 26.0 Å². The lowest BCUT2D eigenvalue weighted by atomic mass is 10.0. The summed E-state index contributed by atoms with van der Waals surface area (Å²) in [5.41, 5.74) is 1.91. The molecule has 1 fully saturated rings. The second kappa shape index (κ2) is 7.99. The zero-order valence-corrected chi connectivity index (χ0v) is 14.2. The molecule has 0 unspecified atom stereocenters. The Morgan fingerprint density at radius 1 is 1.22 bits per heavy atom. The molecule has 1 aromatic carbocycles. The van der Waals surface area contributed by atoms with Crippen LogP contribution in [0.1, 0.15) is 55.5 Å². The first-order valence-corrected chi connectivity index (χ1v) is 8.33. The van der Waals surface area contributed by atoms with E-state index < -0.39 is 0 Å². The molecule has 1 aliphatic heterocycles. The minimum absolute atomic E-state index is 0.0464. The Hall–Kier alpha value is -2.04. The van der Waals surface area contributed by atoms with Gasteiger partial charge in [-0.05, 0) is 43.4 Å². The molecule has 1 aromatic rings. The summed E-state index contributed by atoms with van der Waals surface area (Å²) in [5, 5.41) is 3.06. The molecule has 5 nitrogen and oxygen atoms in total. The van der Waals surface area contributed by atoms with Crippen LogP contribution in [0.15, 0.2) is 24.3 Å². The zero-order valence-electron chi connectivity index (χ0n) is 14.2. The largest absolute Gasteiger partial charge is 0.450 e. The third kappa shape index (κ3) is 4.71. The molecule has 0 saturated carbocycles. The van der Waals surface area contributed by atoms with Gasteiger partial charge in [-0.2, -0.15) is 0 Å². The normalized spacial score (nSPS) is 15.6. The van der Waals surface area contributed by atoms with Crippen molar-refractivity contribution >= 4 is 12.0 Å². The predicted octanol–water partition coefficient (Wildman–Crippen LogP) is 3.16. The fraction of sp³-hybridized carbons (Fsp3) is 0.556. The highest BCUT2D eigenvalue weighted by Crippen LogP contribution is 2.16. The quantitative estimate of drug-likeness (QED) is 0.927. The number of hydrogen-bond donors (Lipinski definition) is 1. The average molecular weight is 318 g/mol. The number of amides is 2. The minimum Gasteiger partial charge on any atom is -0.450 e. The standard InChI is InChI=1S/C18H26N2O3/c1-4-23-18(22)20-11-9-16(10-12-20)19-17(21)15-7-5-14(6-8-15)13(2)3/h5-8,13,16H,4,9-12H2,1-3H3,(H,19,21). The van der Waals surface area contributed by atoms with Crippen LogP contribution in [0.5, 0.6) is 0 Å². The van der Waals surface area contributed by atoms with Crippen molar-refractivity contribution in [3.63, 3.8) is 0 Å². The number of nitrogens with zero attached hydrogens (tertiary/aromatic N) is 1. The van der Waals surface area contributed by atoms with E-state index in [0.29, 0.717) is 31.2 Å². The molecule has 2 rings (SSSR count). The fourth-order valence-corrected chi connectivity index (χ4v) is 2.71. The number of rotatable bonds is 4. The Balaban J connectivity index is 1.84. The van der Waals surface area contributed by atoms with E-state index >= 15 is 0 Å². The van der Waals surface area contributed by atoms with Crippen LogP contribution in [0.2, 0.25) is 0 Å². The molecule has 0 atom stereocenters. The number of likely N-dealkylation sites (tertiary alicyclic amines) is 1. The number of carbonyl (C=O) groups excluding carboxylic acids is 2. The van der Waals surface area contributed by atoms with E-state index in [1.54, 1.807) is 11.8 Å². The molecule has 126 valence electrons. The van der Waals surface area contributed by atoms with Gasteiger partial charge in [0, 0.05) is 24.7 Å². The maximum Gasteiger partial charge on any atom is 0.409 e. The van der Waals surface area contributed by atoms with Crippen LogP contribution in [-0.4, -0.2) is 42.6 Å². The topological polar surface area (TPSA) is 58.6 Å². The highest BCUT2D eigenvalue weighted by molar-refractivity contribution is 5.94. The van der Waals surface area contributed by atoms with E-state index in [4.69, 9.17) is 4.74 Å². The van der Waals surface area contributed by atoms with Crippen LogP contribution in [0.3, 0.4) is 0 Å². The lowest BCUT2D eigenvalue weighted by molar-refractivity contribution is 0.0860. The van der Waals surface area contributed by atoms with Gasteiger partial charge in [0.1, 0.15) is 0 Å². The van der Waals surface area contributed by atoms with Crippen LogP contribution in [-0.2, 0) is 4.74 Å². The third-order valence-corrected chi connectivity index (χ3v) is 4.20. The molecule has 0 aliphatic carbocycles. The summed E-state index contributed by atoms with van der Waals surface area (Å²) in [5.74, 6) is 0.411. The van der Waals surface area contributed by atoms with Crippen molar-refractivity contribution in [3.05, 3.63) is 35.4 Å². The summed E-state index contributed by atoms with van der Waals surface area (Å²) in [6.07, 6.45) is 1.25. The zero-order chi connectivity index (χ0) is 16.8. The summed E-state index contributed by atoms with van der Waals surface area (Å²) < 4.78 is 5.00. The first-order chi connectivity index (χ1) is 11.0. The molecule has 1 saturated heterocycles. The summed E-state index contributed by atoms with van der Waals surface area (Å²) in [6, 6.07) is 7.86. The van der Waals surface area contributed by atoms with Crippen molar-refractivity contribution in [3.8, 4) is 0 Å². The summed E-state index contributed by atoms with van der Waals surface area (Å²) in [6.45, 7) is 7.70. The molecule has 0 radical (unpaired) electrons. The first kappa shape index (κ1) is 17.3. The van der Waals surface area contributed by atoms with Crippen LogP contribution >= 0.6 is 0 Å². The van der Waals surface area contributed by atoms with Crippen LogP contribution in [0, 0.1) is 0 Å². The highest BCUT2D eigenvalue weighted by atomic mass is 16.6. The van der Waals surface area contributed by atoms with Crippen LogP contribution in [0.4, 0.5) is 4.79 Å². The molecule has 0 spiro atoms.